The molecule has 1 aromatic rings. The fraction of sp³-hybridized carbons (Fsp3) is 0.500. The van der Waals surface area contributed by atoms with Gasteiger partial charge >= 0.3 is 5.97 Å². The molecule has 0 bridgehead atoms. The van der Waals surface area contributed by atoms with Crippen LogP contribution in [-0.2, 0) is 14.4 Å². The quantitative estimate of drug-likeness (QED) is 0.559. The topological polar surface area (TPSA) is 87.6 Å². The van der Waals surface area contributed by atoms with Crippen molar-refractivity contribution < 1.29 is 19.5 Å². The molecular weight excluding hydrogens is 348 g/mol. The summed E-state index contributed by atoms with van der Waals surface area (Å²) in [5.74, 6) is -1.40. The first kappa shape index (κ1) is 17.3. The molecule has 2 fully saturated rings. The van der Waals surface area contributed by atoms with Crippen molar-refractivity contribution in [1.29, 1.82) is 0 Å². The Morgan fingerprint density at radius 3 is 2.54 bits per heavy atom. The van der Waals surface area contributed by atoms with Crippen molar-refractivity contribution in [3.8, 4) is 0 Å². The van der Waals surface area contributed by atoms with E-state index in [1.807, 2.05) is 18.2 Å². The molecule has 24 heavy (non-hydrogen) atoms. The fourth-order valence-electron chi connectivity index (χ4n) is 2.76. The van der Waals surface area contributed by atoms with Crippen LogP contribution < -0.4 is 0 Å². The highest BCUT2D eigenvalue weighted by molar-refractivity contribution is 8.76. The van der Waals surface area contributed by atoms with Crippen molar-refractivity contribution >= 4 is 39.4 Å². The number of imide groups is 1. The van der Waals surface area contributed by atoms with Gasteiger partial charge in [-0.05, 0) is 48.1 Å². The van der Waals surface area contributed by atoms with Crippen LogP contribution in [0.3, 0.4) is 0 Å². The van der Waals surface area contributed by atoms with E-state index in [-0.39, 0.29) is 29.9 Å². The van der Waals surface area contributed by atoms with Gasteiger partial charge < -0.3 is 5.11 Å². The van der Waals surface area contributed by atoms with Crippen molar-refractivity contribution in [2.45, 2.75) is 48.4 Å². The van der Waals surface area contributed by atoms with E-state index in [0.717, 1.165) is 22.8 Å². The summed E-state index contributed by atoms with van der Waals surface area (Å²) < 4.78 is 0. The van der Waals surface area contributed by atoms with Gasteiger partial charge in [-0.1, -0.05) is 16.9 Å². The summed E-state index contributed by atoms with van der Waals surface area (Å²) in [7, 11) is 3.11. The Kier molecular flexibility index (Phi) is 5.45. The molecule has 2 amide bonds. The number of pyridine rings is 1. The van der Waals surface area contributed by atoms with E-state index in [2.05, 4.69) is 4.98 Å². The van der Waals surface area contributed by atoms with Crippen LogP contribution in [0, 0.1) is 5.92 Å². The van der Waals surface area contributed by atoms with Gasteiger partial charge in [-0.3, -0.25) is 14.5 Å². The Labute approximate surface area is 147 Å². The molecule has 8 heteroatoms. The number of carboxylic acid groups (broad SMARTS) is 1. The van der Waals surface area contributed by atoms with E-state index in [1.165, 1.54) is 10.8 Å². The average Bonchev–Trinajstić information content (AvgIpc) is 3.36. The lowest BCUT2D eigenvalue weighted by Gasteiger charge is -2.26. The van der Waals surface area contributed by atoms with Crippen molar-refractivity contribution in [3.63, 3.8) is 0 Å². The Bertz CT molecular complexity index is 620. The van der Waals surface area contributed by atoms with Crippen molar-refractivity contribution in [2.75, 3.05) is 0 Å². The van der Waals surface area contributed by atoms with E-state index >= 15 is 0 Å². The van der Waals surface area contributed by atoms with E-state index in [9.17, 15) is 19.5 Å². The number of aromatic nitrogens is 1. The number of rotatable bonds is 8. The molecular formula is C16H18N2O4S2. The summed E-state index contributed by atoms with van der Waals surface area (Å²) in [5, 5.41) is 10.5. The number of carbonyl (C=O) groups is 3. The first-order chi connectivity index (χ1) is 11.6. The summed E-state index contributed by atoms with van der Waals surface area (Å²) >= 11 is 0. The molecule has 2 aliphatic rings. The Hall–Kier alpha value is -1.54. The van der Waals surface area contributed by atoms with Crippen LogP contribution in [0.4, 0.5) is 0 Å². The van der Waals surface area contributed by atoms with Gasteiger partial charge in [0.25, 0.3) is 0 Å². The van der Waals surface area contributed by atoms with Gasteiger partial charge in [0.2, 0.25) is 11.8 Å². The molecule has 6 nitrogen and oxygen atoms in total. The zero-order valence-corrected chi connectivity index (χ0v) is 14.6. The molecule has 3 rings (SSSR count). The summed E-state index contributed by atoms with van der Waals surface area (Å²) in [6.07, 6.45) is 4.38. The molecule has 0 aromatic carbocycles. The van der Waals surface area contributed by atoms with Crippen LogP contribution in [0.25, 0.3) is 0 Å². The highest BCUT2D eigenvalue weighted by atomic mass is 33.1. The molecule has 2 atom stereocenters. The summed E-state index contributed by atoms with van der Waals surface area (Å²) in [6, 6.07) is 4.60. The standard InChI is InChI=1S/C16H18N2O4S2/c19-14-6-7-15(20)18(14)11(16(21)22)9-12(10-4-5-10)23-24-13-3-1-2-8-17-13/h1-3,8,10-12H,4-7,9H2,(H,21,22). The number of aliphatic carboxylic acids is 1. The number of carboxylic acids is 1. The van der Waals surface area contributed by atoms with Crippen molar-refractivity contribution in [2.24, 2.45) is 5.92 Å². The maximum atomic E-state index is 11.9. The second-order valence-corrected chi connectivity index (χ2v) is 8.43. The summed E-state index contributed by atoms with van der Waals surface area (Å²) in [4.78, 5) is 40.7. The molecule has 0 radical (unpaired) electrons. The minimum absolute atomic E-state index is 0.0827. The summed E-state index contributed by atoms with van der Waals surface area (Å²) in [5.41, 5.74) is 0. The van der Waals surface area contributed by atoms with Crippen LogP contribution in [0.5, 0.6) is 0 Å². The lowest BCUT2D eigenvalue weighted by Crippen LogP contribution is -2.46. The third kappa shape index (κ3) is 4.10. The largest absolute Gasteiger partial charge is 0.480 e. The molecule has 1 saturated heterocycles. The minimum atomic E-state index is -1.10. The normalized spacial score (nSPS) is 20.2. The molecule has 1 N–H and O–H groups in total. The second kappa shape index (κ2) is 7.57. The summed E-state index contributed by atoms with van der Waals surface area (Å²) in [6.45, 7) is 0. The highest BCUT2D eigenvalue weighted by Gasteiger charge is 2.43. The Morgan fingerprint density at radius 1 is 1.29 bits per heavy atom. The van der Waals surface area contributed by atoms with Gasteiger partial charge in [-0.25, -0.2) is 9.78 Å². The minimum Gasteiger partial charge on any atom is -0.480 e. The van der Waals surface area contributed by atoms with E-state index in [0.29, 0.717) is 12.3 Å². The van der Waals surface area contributed by atoms with Gasteiger partial charge in [-0.2, -0.15) is 0 Å². The van der Waals surface area contributed by atoms with Gasteiger partial charge in [0, 0.05) is 24.3 Å². The number of carbonyl (C=O) groups excluding carboxylic acids is 2. The SMILES string of the molecule is O=C(O)C(CC(SSc1ccccn1)C1CC1)N1C(=O)CCC1=O. The van der Waals surface area contributed by atoms with Crippen molar-refractivity contribution in [3.05, 3.63) is 24.4 Å². The molecule has 1 aliphatic heterocycles. The maximum absolute atomic E-state index is 11.9. The number of likely N-dealkylation sites (tertiary alicyclic amines) is 1. The highest BCUT2D eigenvalue weighted by Crippen LogP contribution is 2.47. The second-order valence-electron chi connectivity index (χ2n) is 5.97. The first-order valence-corrected chi connectivity index (χ1v) is 10.1. The Balaban J connectivity index is 1.67. The lowest BCUT2D eigenvalue weighted by atomic mass is 10.1. The number of amides is 2. The van der Waals surface area contributed by atoms with Crippen LogP contribution in [-0.4, -0.2) is 44.1 Å². The lowest BCUT2D eigenvalue weighted by molar-refractivity contribution is -0.154. The van der Waals surface area contributed by atoms with Crippen molar-refractivity contribution in [1.82, 2.24) is 9.88 Å². The predicted molar refractivity (Wildman–Crippen MR) is 91.3 cm³/mol. The average molecular weight is 366 g/mol. The van der Waals surface area contributed by atoms with E-state index in [4.69, 9.17) is 0 Å². The fourth-order valence-corrected chi connectivity index (χ4v) is 5.58. The van der Waals surface area contributed by atoms with Gasteiger partial charge in [0.05, 0.1) is 0 Å². The molecule has 0 spiro atoms. The molecule has 2 heterocycles. The molecule has 128 valence electrons. The third-order valence-electron chi connectivity index (χ3n) is 4.19. The maximum Gasteiger partial charge on any atom is 0.326 e. The number of hydrogen-bond acceptors (Lipinski definition) is 6. The molecule has 2 unspecified atom stereocenters. The predicted octanol–water partition coefficient (Wildman–Crippen LogP) is 2.59. The first-order valence-electron chi connectivity index (χ1n) is 7.88. The molecule has 1 saturated carbocycles. The van der Waals surface area contributed by atoms with Crippen LogP contribution in [0.2, 0.25) is 0 Å². The van der Waals surface area contributed by atoms with Crippen LogP contribution in [0.15, 0.2) is 29.4 Å². The number of hydrogen-bond donors (Lipinski definition) is 1. The number of nitrogens with zero attached hydrogens (tertiary/aromatic N) is 2. The van der Waals surface area contributed by atoms with Gasteiger partial charge in [-0.15, -0.1) is 0 Å². The van der Waals surface area contributed by atoms with Crippen LogP contribution in [0.1, 0.15) is 32.1 Å². The molecule has 1 aromatic heterocycles. The zero-order valence-electron chi connectivity index (χ0n) is 13.0. The smallest absolute Gasteiger partial charge is 0.326 e. The van der Waals surface area contributed by atoms with Gasteiger partial charge in [0.15, 0.2) is 0 Å². The third-order valence-corrected chi connectivity index (χ3v) is 7.06. The van der Waals surface area contributed by atoms with E-state index in [1.54, 1.807) is 17.0 Å². The molecule has 1 aliphatic carbocycles. The van der Waals surface area contributed by atoms with Crippen LogP contribution >= 0.6 is 21.6 Å². The van der Waals surface area contributed by atoms with Gasteiger partial charge in [0.1, 0.15) is 11.1 Å². The monoisotopic (exact) mass is 366 g/mol. The van der Waals surface area contributed by atoms with E-state index < -0.39 is 12.0 Å². The Morgan fingerprint density at radius 2 is 2.00 bits per heavy atom. The zero-order chi connectivity index (χ0) is 17.1.